The Labute approximate surface area is 157 Å². The van der Waals surface area contributed by atoms with E-state index in [2.05, 4.69) is 5.32 Å². The molecule has 0 fully saturated rings. The monoisotopic (exact) mass is 376 g/mol. The molecular weight excluding hydrogens is 356 g/mol. The van der Waals surface area contributed by atoms with Gasteiger partial charge in [0.05, 0.1) is 13.7 Å². The number of nitrogens with one attached hydrogen (secondary N) is 1. The first kappa shape index (κ1) is 19.6. The van der Waals surface area contributed by atoms with Crippen molar-refractivity contribution >= 4 is 29.1 Å². The summed E-state index contributed by atoms with van der Waals surface area (Å²) in [4.78, 5) is 25.8. The van der Waals surface area contributed by atoms with Gasteiger partial charge in [0.2, 0.25) is 5.91 Å². The van der Waals surface area contributed by atoms with Crippen molar-refractivity contribution in [1.29, 1.82) is 0 Å². The Balaban J connectivity index is 1.87. The molecule has 0 aromatic heterocycles. The molecule has 2 rings (SSSR count). The van der Waals surface area contributed by atoms with Crippen molar-refractivity contribution in [2.24, 2.45) is 0 Å². The lowest BCUT2D eigenvalue weighted by molar-refractivity contribution is -0.139. The standard InChI is InChI=1S/C19H21ClN2O4/c1-13(26-17-6-4-5-14(20)11-17)19(24)22(2)12-18(23)21-15-7-9-16(25-3)10-8-15/h4-11,13H,12H2,1-3H3,(H,21,23). The summed E-state index contributed by atoms with van der Waals surface area (Å²) in [7, 11) is 3.12. The second-order valence-electron chi connectivity index (χ2n) is 5.69. The molecule has 138 valence electrons. The molecule has 0 radical (unpaired) electrons. The van der Waals surface area contributed by atoms with Gasteiger partial charge in [0.15, 0.2) is 6.10 Å². The van der Waals surface area contributed by atoms with Gasteiger partial charge >= 0.3 is 0 Å². The van der Waals surface area contributed by atoms with Crippen LogP contribution in [0.1, 0.15) is 6.92 Å². The maximum Gasteiger partial charge on any atom is 0.263 e. The van der Waals surface area contributed by atoms with Gasteiger partial charge in [0.1, 0.15) is 11.5 Å². The van der Waals surface area contributed by atoms with E-state index in [9.17, 15) is 9.59 Å². The fraction of sp³-hybridized carbons (Fsp3) is 0.263. The predicted octanol–water partition coefficient (Wildman–Crippen LogP) is 3.21. The molecule has 1 unspecified atom stereocenters. The van der Waals surface area contributed by atoms with Crippen molar-refractivity contribution in [3.63, 3.8) is 0 Å². The number of hydrogen-bond donors (Lipinski definition) is 1. The van der Waals surface area contributed by atoms with Crippen LogP contribution in [0.2, 0.25) is 5.02 Å². The first-order chi connectivity index (χ1) is 12.4. The van der Waals surface area contributed by atoms with Crippen LogP contribution in [0.15, 0.2) is 48.5 Å². The number of likely N-dealkylation sites (N-methyl/N-ethyl adjacent to an activating group) is 1. The number of carbonyl (C=O) groups excluding carboxylic acids is 2. The third-order valence-corrected chi connectivity index (χ3v) is 3.82. The first-order valence-electron chi connectivity index (χ1n) is 8.00. The van der Waals surface area contributed by atoms with Gasteiger partial charge < -0.3 is 19.7 Å². The lowest BCUT2D eigenvalue weighted by Gasteiger charge is -2.21. The van der Waals surface area contributed by atoms with Gasteiger partial charge in [-0.1, -0.05) is 17.7 Å². The third-order valence-electron chi connectivity index (χ3n) is 3.59. The normalized spacial score (nSPS) is 11.4. The highest BCUT2D eigenvalue weighted by molar-refractivity contribution is 6.30. The molecule has 2 aromatic carbocycles. The van der Waals surface area contributed by atoms with Gasteiger partial charge in [0.25, 0.3) is 5.91 Å². The van der Waals surface area contributed by atoms with Crippen LogP contribution in [0, 0.1) is 0 Å². The van der Waals surface area contributed by atoms with Gasteiger partial charge in [-0.3, -0.25) is 9.59 Å². The maximum atomic E-state index is 12.4. The van der Waals surface area contributed by atoms with Crippen LogP contribution in [0.5, 0.6) is 11.5 Å². The zero-order valence-corrected chi connectivity index (χ0v) is 15.6. The average Bonchev–Trinajstić information content (AvgIpc) is 2.61. The van der Waals surface area contributed by atoms with Crippen molar-refractivity contribution in [3.8, 4) is 11.5 Å². The molecule has 0 heterocycles. The van der Waals surface area contributed by atoms with Gasteiger partial charge in [-0.25, -0.2) is 0 Å². The van der Waals surface area contributed by atoms with Crippen molar-refractivity contribution < 1.29 is 19.1 Å². The molecule has 0 aliphatic heterocycles. The molecule has 0 aliphatic carbocycles. The quantitative estimate of drug-likeness (QED) is 0.805. The van der Waals surface area contributed by atoms with E-state index in [-0.39, 0.29) is 18.4 Å². The Morgan fingerprint density at radius 2 is 1.85 bits per heavy atom. The van der Waals surface area contributed by atoms with Crippen molar-refractivity contribution in [3.05, 3.63) is 53.6 Å². The van der Waals surface area contributed by atoms with Gasteiger partial charge in [0, 0.05) is 17.8 Å². The number of amides is 2. The lowest BCUT2D eigenvalue weighted by atomic mass is 10.3. The topological polar surface area (TPSA) is 67.9 Å². The molecular formula is C19H21ClN2O4. The number of methoxy groups -OCH3 is 1. The smallest absolute Gasteiger partial charge is 0.263 e. The zero-order chi connectivity index (χ0) is 19.1. The van der Waals surface area contributed by atoms with Crippen LogP contribution in [0.4, 0.5) is 5.69 Å². The third kappa shape index (κ3) is 5.67. The summed E-state index contributed by atoms with van der Waals surface area (Å²) in [5, 5.41) is 3.25. The molecule has 26 heavy (non-hydrogen) atoms. The van der Waals surface area contributed by atoms with E-state index >= 15 is 0 Å². The summed E-state index contributed by atoms with van der Waals surface area (Å²) in [5.74, 6) is 0.576. The van der Waals surface area contributed by atoms with E-state index < -0.39 is 6.10 Å². The SMILES string of the molecule is COc1ccc(NC(=O)CN(C)C(=O)C(C)Oc2cccc(Cl)c2)cc1. The second-order valence-corrected chi connectivity index (χ2v) is 6.12. The minimum absolute atomic E-state index is 0.0892. The molecule has 0 spiro atoms. The Morgan fingerprint density at radius 3 is 2.46 bits per heavy atom. The zero-order valence-electron chi connectivity index (χ0n) is 14.9. The summed E-state index contributed by atoms with van der Waals surface area (Å²) in [6, 6.07) is 13.7. The largest absolute Gasteiger partial charge is 0.497 e. The molecule has 1 atom stereocenters. The van der Waals surface area contributed by atoms with E-state index in [4.69, 9.17) is 21.1 Å². The Hall–Kier alpha value is -2.73. The van der Waals surface area contributed by atoms with E-state index in [1.165, 1.54) is 4.90 Å². The van der Waals surface area contributed by atoms with Crippen LogP contribution in [-0.2, 0) is 9.59 Å². The minimum Gasteiger partial charge on any atom is -0.497 e. The average molecular weight is 377 g/mol. The van der Waals surface area contributed by atoms with Gasteiger partial charge in [-0.15, -0.1) is 0 Å². The Bertz CT molecular complexity index is 764. The van der Waals surface area contributed by atoms with Crippen LogP contribution in [-0.4, -0.2) is 43.5 Å². The van der Waals surface area contributed by atoms with E-state index in [0.717, 1.165) is 0 Å². The summed E-state index contributed by atoms with van der Waals surface area (Å²) in [5.41, 5.74) is 0.625. The van der Waals surface area contributed by atoms with Crippen molar-refractivity contribution in [2.45, 2.75) is 13.0 Å². The van der Waals surface area contributed by atoms with Crippen LogP contribution in [0.25, 0.3) is 0 Å². The maximum absolute atomic E-state index is 12.4. The predicted molar refractivity (Wildman–Crippen MR) is 101 cm³/mol. The number of hydrogen-bond acceptors (Lipinski definition) is 4. The Morgan fingerprint density at radius 1 is 1.15 bits per heavy atom. The minimum atomic E-state index is -0.743. The molecule has 0 saturated carbocycles. The summed E-state index contributed by atoms with van der Waals surface area (Å²) in [6.07, 6.45) is -0.743. The fourth-order valence-electron chi connectivity index (χ4n) is 2.27. The molecule has 0 bridgehead atoms. The molecule has 7 heteroatoms. The summed E-state index contributed by atoms with van der Waals surface area (Å²) >= 11 is 5.90. The number of ether oxygens (including phenoxy) is 2. The van der Waals surface area contributed by atoms with E-state index in [1.54, 1.807) is 69.6 Å². The Kier molecular flexibility index (Phi) is 6.86. The van der Waals surface area contributed by atoms with Crippen molar-refractivity contribution in [1.82, 2.24) is 4.90 Å². The van der Waals surface area contributed by atoms with E-state index in [0.29, 0.717) is 22.2 Å². The fourth-order valence-corrected chi connectivity index (χ4v) is 2.45. The van der Waals surface area contributed by atoms with Gasteiger partial charge in [-0.2, -0.15) is 0 Å². The van der Waals surface area contributed by atoms with Gasteiger partial charge in [-0.05, 0) is 49.4 Å². The van der Waals surface area contributed by atoms with Crippen LogP contribution in [0.3, 0.4) is 0 Å². The molecule has 2 amide bonds. The summed E-state index contributed by atoms with van der Waals surface area (Å²) in [6.45, 7) is 1.54. The van der Waals surface area contributed by atoms with E-state index in [1.807, 2.05) is 0 Å². The molecule has 0 aliphatic rings. The van der Waals surface area contributed by atoms with Crippen molar-refractivity contribution in [2.75, 3.05) is 26.0 Å². The molecule has 0 saturated heterocycles. The summed E-state index contributed by atoms with van der Waals surface area (Å²) < 4.78 is 10.6. The molecule has 6 nitrogen and oxygen atoms in total. The highest BCUT2D eigenvalue weighted by Crippen LogP contribution is 2.19. The number of benzene rings is 2. The highest BCUT2D eigenvalue weighted by Gasteiger charge is 2.21. The number of carbonyl (C=O) groups is 2. The van der Waals surface area contributed by atoms with Crippen LogP contribution < -0.4 is 14.8 Å². The highest BCUT2D eigenvalue weighted by atomic mass is 35.5. The molecule has 1 N–H and O–H groups in total. The van der Waals surface area contributed by atoms with Crippen LogP contribution >= 0.6 is 11.6 Å². The second kappa shape index (κ2) is 9.10. The first-order valence-corrected chi connectivity index (χ1v) is 8.38. The number of rotatable bonds is 7. The number of nitrogens with zero attached hydrogens (tertiary/aromatic N) is 1. The number of halogens is 1. The molecule has 2 aromatic rings. The number of anilines is 1. The lowest BCUT2D eigenvalue weighted by Crippen LogP contribution is -2.41.